The topological polar surface area (TPSA) is 96.8 Å². The molecule has 5 rings (SSSR count). The Kier molecular flexibility index (Phi) is 6.39. The lowest BCUT2D eigenvalue weighted by Gasteiger charge is -2.25. The third-order valence-electron chi connectivity index (χ3n) is 6.21. The number of halogens is 2. The van der Waals surface area contributed by atoms with Gasteiger partial charge in [-0.15, -0.1) is 0 Å². The normalized spacial score (nSPS) is 17.7. The Bertz CT molecular complexity index is 1390. The van der Waals surface area contributed by atoms with Gasteiger partial charge in [0.15, 0.2) is 0 Å². The molecule has 2 aliphatic rings. The molecule has 3 aromatic rings. The molecule has 8 nitrogen and oxygen atoms in total. The molecule has 0 saturated carbocycles. The van der Waals surface area contributed by atoms with Gasteiger partial charge in [-0.1, -0.05) is 17.7 Å². The van der Waals surface area contributed by atoms with Crippen LogP contribution in [0.3, 0.4) is 0 Å². The summed E-state index contributed by atoms with van der Waals surface area (Å²) >= 11 is 6.41. The predicted octanol–water partition coefficient (Wildman–Crippen LogP) is 2.99. The standard InChI is InChI=1S/C24H24ClFN4O4S/c1-35(32,33)29-9-8-22-20(13-29)23(28-30(22)12-19-14-34-19)16-4-7-21(25)17(10-16)11-27-24(31)15-2-5-18(26)6-3-15/h2-7,10,19H,8-9,11-14H2,1H3,(H,27,31). The molecule has 0 spiro atoms. The monoisotopic (exact) mass is 518 g/mol. The first-order valence-electron chi connectivity index (χ1n) is 11.2. The molecule has 1 saturated heterocycles. The minimum atomic E-state index is -3.35. The lowest BCUT2D eigenvalue weighted by molar-refractivity contribution is 0.0951. The number of nitrogens with one attached hydrogen (secondary N) is 1. The van der Waals surface area contributed by atoms with E-state index < -0.39 is 15.8 Å². The van der Waals surface area contributed by atoms with Crippen molar-refractivity contribution >= 4 is 27.5 Å². The maximum absolute atomic E-state index is 13.1. The summed E-state index contributed by atoms with van der Waals surface area (Å²) in [7, 11) is -3.35. The number of carbonyl (C=O) groups is 1. The van der Waals surface area contributed by atoms with Crippen LogP contribution in [0.2, 0.25) is 5.02 Å². The van der Waals surface area contributed by atoms with Gasteiger partial charge in [0.2, 0.25) is 10.0 Å². The van der Waals surface area contributed by atoms with Crippen molar-refractivity contribution in [3.05, 3.63) is 75.7 Å². The maximum atomic E-state index is 13.1. The van der Waals surface area contributed by atoms with Crippen LogP contribution in [0.25, 0.3) is 11.3 Å². The summed E-state index contributed by atoms with van der Waals surface area (Å²) in [5.74, 6) is -0.760. The molecule has 1 atom stereocenters. The molecular formula is C24H24ClFN4O4S. The van der Waals surface area contributed by atoms with Crippen molar-refractivity contribution in [1.82, 2.24) is 19.4 Å². The fraction of sp³-hybridized carbons (Fsp3) is 0.333. The molecule has 11 heteroatoms. The van der Waals surface area contributed by atoms with E-state index in [9.17, 15) is 17.6 Å². The summed E-state index contributed by atoms with van der Waals surface area (Å²) < 4.78 is 46.3. The minimum absolute atomic E-state index is 0.127. The zero-order valence-corrected chi connectivity index (χ0v) is 20.6. The number of aromatic nitrogens is 2. The van der Waals surface area contributed by atoms with Gasteiger partial charge >= 0.3 is 0 Å². The molecule has 1 unspecified atom stereocenters. The average Bonchev–Trinajstić information content (AvgIpc) is 3.58. The van der Waals surface area contributed by atoms with Crippen molar-refractivity contribution in [2.45, 2.75) is 32.2 Å². The number of hydrogen-bond donors (Lipinski definition) is 1. The largest absolute Gasteiger partial charge is 0.371 e. The molecule has 1 aromatic heterocycles. The van der Waals surface area contributed by atoms with Crippen molar-refractivity contribution in [2.75, 3.05) is 19.4 Å². The number of nitrogens with zero attached hydrogens (tertiary/aromatic N) is 3. The molecule has 0 aliphatic carbocycles. The average molecular weight is 519 g/mol. The van der Waals surface area contributed by atoms with Crippen LogP contribution in [0.5, 0.6) is 0 Å². The van der Waals surface area contributed by atoms with E-state index in [1.54, 1.807) is 6.07 Å². The highest BCUT2D eigenvalue weighted by Crippen LogP contribution is 2.33. The lowest BCUT2D eigenvalue weighted by atomic mass is 10.0. The minimum Gasteiger partial charge on any atom is -0.371 e. The Morgan fingerprint density at radius 1 is 1.26 bits per heavy atom. The number of epoxide rings is 1. The van der Waals surface area contributed by atoms with Crippen molar-refractivity contribution in [2.24, 2.45) is 0 Å². The number of rotatable bonds is 7. The van der Waals surface area contributed by atoms with Gasteiger partial charge in [-0.25, -0.2) is 12.8 Å². The predicted molar refractivity (Wildman–Crippen MR) is 129 cm³/mol. The van der Waals surface area contributed by atoms with E-state index in [4.69, 9.17) is 21.4 Å². The quantitative estimate of drug-likeness (QED) is 0.485. The van der Waals surface area contributed by atoms with Gasteiger partial charge in [-0.05, 0) is 42.0 Å². The maximum Gasteiger partial charge on any atom is 0.251 e. The number of carbonyl (C=O) groups excluding carboxylic acids is 1. The first-order valence-corrected chi connectivity index (χ1v) is 13.4. The highest BCUT2D eigenvalue weighted by Gasteiger charge is 2.32. The van der Waals surface area contributed by atoms with E-state index in [1.165, 1.54) is 34.8 Å². The molecule has 2 aromatic carbocycles. The molecule has 0 bridgehead atoms. The second-order valence-electron chi connectivity index (χ2n) is 8.75. The summed E-state index contributed by atoms with van der Waals surface area (Å²) in [5.41, 5.74) is 4.38. The number of fused-ring (bicyclic) bond motifs is 1. The Morgan fingerprint density at radius 2 is 2.00 bits per heavy atom. The van der Waals surface area contributed by atoms with Crippen LogP contribution in [0.15, 0.2) is 42.5 Å². The zero-order valence-electron chi connectivity index (χ0n) is 19.0. The fourth-order valence-corrected chi connectivity index (χ4v) is 5.21. The molecule has 35 heavy (non-hydrogen) atoms. The SMILES string of the molecule is CS(=O)(=O)N1CCc2c(c(-c3ccc(Cl)c(CNC(=O)c4ccc(F)cc4)c3)nn2CC2CO2)C1. The third-order valence-corrected chi connectivity index (χ3v) is 7.83. The van der Waals surface area contributed by atoms with Crippen molar-refractivity contribution < 1.29 is 22.3 Å². The Morgan fingerprint density at radius 3 is 2.69 bits per heavy atom. The van der Waals surface area contributed by atoms with Gasteiger partial charge in [-0.3, -0.25) is 9.48 Å². The third kappa shape index (κ3) is 5.25. The highest BCUT2D eigenvalue weighted by molar-refractivity contribution is 7.88. The first kappa shape index (κ1) is 23.9. The Balaban J connectivity index is 1.43. The van der Waals surface area contributed by atoms with Gasteiger partial charge in [0.05, 0.1) is 25.1 Å². The van der Waals surface area contributed by atoms with Crippen molar-refractivity contribution in [1.29, 1.82) is 0 Å². The smallest absolute Gasteiger partial charge is 0.251 e. The van der Waals surface area contributed by atoms with Crippen LogP contribution in [0.4, 0.5) is 4.39 Å². The van der Waals surface area contributed by atoms with Crippen LogP contribution < -0.4 is 5.32 Å². The van der Waals surface area contributed by atoms with E-state index in [1.807, 2.05) is 16.8 Å². The van der Waals surface area contributed by atoms with Crippen molar-refractivity contribution in [3.63, 3.8) is 0 Å². The van der Waals surface area contributed by atoms with Gasteiger partial charge in [0, 0.05) is 53.5 Å². The summed E-state index contributed by atoms with van der Waals surface area (Å²) in [5, 5.41) is 8.11. The van der Waals surface area contributed by atoms with Crippen LogP contribution in [-0.2, 0) is 40.8 Å². The lowest BCUT2D eigenvalue weighted by Crippen LogP contribution is -2.35. The van der Waals surface area contributed by atoms with Gasteiger partial charge in [0.25, 0.3) is 5.91 Å². The van der Waals surface area contributed by atoms with Crippen LogP contribution in [0.1, 0.15) is 27.2 Å². The fourth-order valence-electron chi connectivity index (χ4n) is 4.23. The molecule has 0 radical (unpaired) electrons. The molecule has 1 amide bonds. The number of hydrogen-bond acceptors (Lipinski definition) is 5. The van der Waals surface area contributed by atoms with Crippen LogP contribution in [0, 0.1) is 5.82 Å². The Hall–Kier alpha value is -2.79. The highest BCUT2D eigenvalue weighted by atomic mass is 35.5. The second kappa shape index (κ2) is 9.34. The van der Waals surface area contributed by atoms with E-state index in [0.717, 1.165) is 16.8 Å². The van der Waals surface area contributed by atoms with Gasteiger partial charge < -0.3 is 10.1 Å². The summed E-state index contributed by atoms with van der Waals surface area (Å²) in [6.45, 7) is 2.13. The summed E-state index contributed by atoms with van der Waals surface area (Å²) in [6.07, 6.45) is 1.91. The van der Waals surface area contributed by atoms with E-state index in [-0.39, 0.29) is 25.1 Å². The number of amides is 1. The summed E-state index contributed by atoms with van der Waals surface area (Å²) in [4.78, 5) is 12.5. The van der Waals surface area contributed by atoms with E-state index >= 15 is 0 Å². The first-order chi connectivity index (χ1) is 16.7. The number of sulfonamides is 1. The Labute approximate surface area is 207 Å². The van der Waals surface area contributed by atoms with Gasteiger partial charge in [0.1, 0.15) is 11.9 Å². The zero-order chi connectivity index (χ0) is 24.7. The molecule has 1 N–H and O–H groups in total. The van der Waals surface area contributed by atoms with Crippen molar-refractivity contribution in [3.8, 4) is 11.3 Å². The summed E-state index contributed by atoms with van der Waals surface area (Å²) in [6, 6.07) is 10.7. The molecular weight excluding hydrogens is 495 g/mol. The molecule has 1 fully saturated rings. The number of benzene rings is 2. The van der Waals surface area contributed by atoms with E-state index in [0.29, 0.717) is 48.0 Å². The van der Waals surface area contributed by atoms with E-state index in [2.05, 4.69) is 5.32 Å². The van der Waals surface area contributed by atoms with Gasteiger partial charge in [-0.2, -0.15) is 9.40 Å². The molecule has 2 aliphatic heterocycles. The second-order valence-corrected chi connectivity index (χ2v) is 11.1. The number of ether oxygens (including phenoxy) is 1. The molecule has 184 valence electrons. The van der Waals surface area contributed by atoms with Crippen LogP contribution >= 0.6 is 11.6 Å². The van der Waals surface area contributed by atoms with Crippen LogP contribution in [-0.4, -0.2) is 53.9 Å². The molecule has 3 heterocycles.